The van der Waals surface area contributed by atoms with Crippen molar-refractivity contribution in [2.24, 2.45) is 0 Å². The lowest BCUT2D eigenvalue weighted by atomic mass is 9.88. The summed E-state index contributed by atoms with van der Waals surface area (Å²) in [4.78, 5) is 19.3. The molecule has 0 saturated carbocycles. The minimum atomic E-state index is -0.0603. The smallest absolute Gasteiger partial charge is 0.227 e. The quantitative estimate of drug-likeness (QED) is 0.733. The van der Waals surface area contributed by atoms with E-state index in [0.717, 1.165) is 24.1 Å². The highest BCUT2D eigenvalue weighted by Crippen LogP contribution is 2.35. The number of aromatic nitrogens is 1. The molecule has 25 heavy (non-hydrogen) atoms. The van der Waals surface area contributed by atoms with Crippen LogP contribution in [0.25, 0.3) is 0 Å². The van der Waals surface area contributed by atoms with Crippen LogP contribution in [0.15, 0.2) is 79.1 Å². The average Bonchev–Trinajstić information content (AvgIpc) is 2.68. The van der Waals surface area contributed by atoms with Gasteiger partial charge in [-0.2, -0.15) is 0 Å². The Morgan fingerprint density at radius 2 is 1.80 bits per heavy atom. The number of benzene rings is 2. The Bertz CT molecular complexity index is 861. The summed E-state index contributed by atoms with van der Waals surface area (Å²) in [5, 5.41) is 0. The summed E-state index contributed by atoms with van der Waals surface area (Å²) in [6, 6.07) is 22.3. The number of hydrogen-bond acceptors (Lipinski definition) is 2. The van der Waals surface area contributed by atoms with Crippen LogP contribution in [0.2, 0.25) is 0 Å². The molecule has 1 aromatic heterocycles. The van der Waals surface area contributed by atoms with Crippen molar-refractivity contribution in [3.8, 4) is 0 Å². The van der Waals surface area contributed by atoms with Crippen LogP contribution in [0.4, 0.5) is 0 Å². The fraction of sp³-hybridized carbons (Fsp3) is 0.182. The van der Waals surface area contributed by atoms with Crippen molar-refractivity contribution in [3.63, 3.8) is 0 Å². The molecular formula is C22H20N2O. The van der Waals surface area contributed by atoms with E-state index in [1.807, 2.05) is 53.6 Å². The predicted octanol–water partition coefficient (Wildman–Crippen LogP) is 3.80. The highest BCUT2D eigenvalue weighted by Gasteiger charge is 2.31. The van der Waals surface area contributed by atoms with Crippen molar-refractivity contribution in [2.45, 2.75) is 18.9 Å². The molecule has 2 aromatic carbocycles. The number of carbonyl (C=O) groups is 1. The Hall–Kier alpha value is -2.94. The van der Waals surface area contributed by atoms with Crippen molar-refractivity contribution in [1.29, 1.82) is 0 Å². The number of rotatable bonds is 3. The van der Waals surface area contributed by atoms with Crippen molar-refractivity contribution >= 4 is 5.91 Å². The molecule has 1 aliphatic heterocycles. The fourth-order valence-electron chi connectivity index (χ4n) is 3.60. The van der Waals surface area contributed by atoms with Crippen LogP contribution in [-0.2, 0) is 17.6 Å². The SMILES string of the molecule is O=C(Cc1ccccc1)N1CCc2ccccc2C1c1cccnc1. The first-order valence-electron chi connectivity index (χ1n) is 8.64. The first kappa shape index (κ1) is 15.6. The second-order valence-electron chi connectivity index (χ2n) is 6.39. The van der Waals surface area contributed by atoms with Crippen molar-refractivity contribution < 1.29 is 4.79 Å². The zero-order valence-corrected chi connectivity index (χ0v) is 14.0. The molecule has 0 aliphatic carbocycles. The molecule has 3 aromatic rings. The third-order valence-corrected chi connectivity index (χ3v) is 4.80. The summed E-state index contributed by atoms with van der Waals surface area (Å²) in [5.74, 6) is 0.162. The maximum Gasteiger partial charge on any atom is 0.227 e. The highest BCUT2D eigenvalue weighted by molar-refractivity contribution is 5.80. The lowest BCUT2D eigenvalue weighted by Gasteiger charge is -2.37. The van der Waals surface area contributed by atoms with E-state index in [1.54, 1.807) is 6.20 Å². The minimum absolute atomic E-state index is 0.0603. The molecule has 4 rings (SSSR count). The van der Waals surface area contributed by atoms with Gasteiger partial charge in [-0.1, -0.05) is 60.7 Å². The Morgan fingerprint density at radius 3 is 2.60 bits per heavy atom. The molecule has 124 valence electrons. The van der Waals surface area contributed by atoms with Gasteiger partial charge in [0.05, 0.1) is 12.5 Å². The molecule has 0 bridgehead atoms. The van der Waals surface area contributed by atoms with Gasteiger partial charge in [-0.25, -0.2) is 0 Å². The normalized spacial score (nSPS) is 16.3. The van der Waals surface area contributed by atoms with E-state index in [4.69, 9.17) is 0 Å². The van der Waals surface area contributed by atoms with Gasteiger partial charge >= 0.3 is 0 Å². The van der Waals surface area contributed by atoms with Gasteiger partial charge in [0.25, 0.3) is 0 Å². The van der Waals surface area contributed by atoms with E-state index in [0.29, 0.717) is 6.42 Å². The highest BCUT2D eigenvalue weighted by atomic mass is 16.2. The summed E-state index contributed by atoms with van der Waals surface area (Å²) in [5.41, 5.74) is 4.65. The van der Waals surface area contributed by atoms with E-state index in [1.165, 1.54) is 11.1 Å². The molecule has 2 heterocycles. The standard InChI is InChI=1S/C22H20N2O/c25-21(15-17-7-2-1-3-8-17)24-14-12-18-9-4-5-11-20(18)22(24)19-10-6-13-23-16-19/h1-11,13,16,22H,12,14-15H2. The largest absolute Gasteiger partial charge is 0.331 e. The Labute approximate surface area is 148 Å². The summed E-state index contributed by atoms with van der Waals surface area (Å²) in [7, 11) is 0. The number of nitrogens with zero attached hydrogens (tertiary/aromatic N) is 2. The van der Waals surface area contributed by atoms with Gasteiger partial charge in [0.2, 0.25) is 5.91 Å². The Morgan fingerprint density at radius 1 is 1.00 bits per heavy atom. The third kappa shape index (κ3) is 3.18. The van der Waals surface area contributed by atoms with E-state index in [2.05, 4.69) is 29.2 Å². The molecule has 1 amide bonds. The summed E-state index contributed by atoms with van der Waals surface area (Å²) < 4.78 is 0. The average molecular weight is 328 g/mol. The first-order valence-corrected chi connectivity index (χ1v) is 8.64. The molecule has 3 heteroatoms. The van der Waals surface area contributed by atoms with Gasteiger partial charge in [-0.15, -0.1) is 0 Å². The van der Waals surface area contributed by atoms with Crippen molar-refractivity contribution in [1.82, 2.24) is 9.88 Å². The molecule has 1 unspecified atom stereocenters. The molecule has 0 spiro atoms. The summed E-state index contributed by atoms with van der Waals surface area (Å²) >= 11 is 0. The number of amides is 1. The van der Waals surface area contributed by atoms with E-state index in [9.17, 15) is 4.79 Å². The van der Waals surface area contributed by atoms with Crippen LogP contribution in [0.3, 0.4) is 0 Å². The van der Waals surface area contributed by atoms with E-state index in [-0.39, 0.29) is 11.9 Å². The topological polar surface area (TPSA) is 33.2 Å². The van der Waals surface area contributed by atoms with Crippen molar-refractivity contribution in [3.05, 3.63) is 101 Å². The molecule has 0 N–H and O–H groups in total. The van der Waals surface area contributed by atoms with Crippen molar-refractivity contribution in [2.75, 3.05) is 6.54 Å². The van der Waals surface area contributed by atoms with Crippen LogP contribution in [-0.4, -0.2) is 22.3 Å². The van der Waals surface area contributed by atoms with Crippen LogP contribution in [0.1, 0.15) is 28.3 Å². The molecule has 1 aliphatic rings. The van der Waals surface area contributed by atoms with Crippen LogP contribution in [0.5, 0.6) is 0 Å². The van der Waals surface area contributed by atoms with Gasteiger partial charge < -0.3 is 4.90 Å². The number of carbonyl (C=O) groups excluding carboxylic acids is 1. The van der Waals surface area contributed by atoms with Gasteiger partial charge in [-0.05, 0) is 34.7 Å². The van der Waals surface area contributed by atoms with Gasteiger partial charge in [0.1, 0.15) is 0 Å². The summed E-state index contributed by atoms with van der Waals surface area (Å²) in [6.07, 6.45) is 4.97. The minimum Gasteiger partial charge on any atom is -0.331 e. The van der Waals surface area contributed by atoms with Crippen LogP contribution < -0.4 is 0 Å². The maximum atomic E-state index is 13.1. The lowest BCUT2D eigenvalue weighted by Crippen LogP contribution is -2.41. The second-order valence-corrected chi connectivity index (χ2v) is 6.39. The number of fused-ring (bicyclic) bond motifs is 1. The van der Waals surface area contributed by atoms with E-state index < -0.39 is 0 Å². The fourth-order valence-corrected chi connectivity index (χ4v) is 3.60. The lowest BCUT2D eigenvalue weighted by molar-refractivity contribution is -0.132. The molecule has 0 saturated heterocycles. The Kier molecular flexibility index (Phi) is 4.30. The van der Waals surface area contributed by atoms with Crippen LogP contribution in [0, 0.1) is 0 Å². The molecule has 3 nitrogen and oxygen atoms in total. The zero-order chi connectivity index (χ0) is 17.1. The molecular weight excluding hydrogens is 308 g/mol. The Balaban J connectivity index is 1.70. The van der Waals surface area contributed by atoms with Gasteiger partial charge in [-0.3, -0.25) is 9.78 Å². The van der Waals surface area contributed by atoms with E-state index >= 15 is 0 Å². The monoisotopic (exact) mass is 328 g/mol. The van der Waals surface area contributed by atoms with Gasteiger partial charge in [0, 0.05) is 18.9 Å². The predicted molar refractivity (Wildman–Crippen MR) is 98.1 cm³/mol. The maximum absolute atomic E-state index is 13.1. The van der Waals surface area contributed by atoms with Crippen LogP contribution >= 0.6 is 0 Å². The third-order valence-electron chi connectivity index (χ3n) is 4.80. The first-order chi connectivity index (χ1) is 12.3. The number of hydrogen-bond donors (Lipinski definition) is 0. The van der Waals surface area contributed by atoms with Gasteiger partial charge in [0.15, 0.2) is 0 Å². The molecule has 0 radical (unpaired) electrons. The number of pyridine rings is 1. The molecule has 0 fully saturated rings. The zero-order valence-electron chi connectivity index (χ0n) is 14.0. The molecule has 1 atom stereocenters. The summed E-state index contributed by atoms with van der Waals surface area (Å²) in [6.45, 7) is 0.738. The second kappa shape index (κ2) is 6.89.